The molecule has 0 N–H and O–H groups in total. The van der Waals surface area contributed by atoms with Crippen LogP contribution in [0, 0.1) is 0 Å². The molecule has 2 amide bonds. The van der Waals surface area contributed by atoms with Crippen molar-refractivity contribution in [1.82, 2.24) is 9.80 Å². The molecule has 1 fully saturated rings. The van der Waals surface area contributed by atoms with Crippen LogP contribution in [0.25, 0.3) is 0 Å². The molecule has 138 valence electrons. The van der Waals surface area contributed by atoms with Crippen molar-refractivity contribution in [1.29, 1.82) is 0 Å². The van der Waals surface area contributed by atoms with Crippen molar-refractivity contribution in [3.8, 4) is 0 Å². The van der Waals surface area contributed by atoms with Crippen LogP contribution in [0.3, 0.4) is 0 Å². The largest absolute Gasteiger partial charge is 0.445 e. The van der Waals surface area contributed by atoms with Gasteiger partial charge in [-0.25, -0.2) is 9.59 Å². The van der Waals surface area contributed by atoms with Crippen molar-refractivity contribution in [2.45, 2.75) is 52.4 Å². The number of hydrogen-bond donors (Lipinski definition) is 0. The zero-order valence-corrected chi connectivity index (χ0v) is 15.5. The predicted molar refractivity (Wildman–Crippen MR) is 95.2 cm³/mol. The monoisotopic (exact) mass is 348 g/mol. The number of carbonyl (C=O) groups is 2. The van der Waals surface area contributed by atoms with Crippen LogP contribution in [-0.4, -0.2) is 53.3 Å². The van der Waals surface area contributed by atoms with E-state index in [1.54, 1.807) is 9.80 Å². The summed E-state index contributed by atoms with van der Waals surface area (Å²) in [5, 5.41) is 0. The summed E-state index contributed by atoms with van der Waals surface area (Å²) in [6.07, 6.45) is 0.0150. The van der Waals surface area contributed by atoms with Gasteiger partial charge in [-0.15, -0.1) is 0 Å². The second-order valence-electron chi connectivity index (χ2n) is 7.34. The molecular formula is C19H28N2O4. The summed E-state index contributed by atoms with van der Waals surface area (Å²) in [4.78, 5) is 28.0. The Morgan fingerprint density at radius 3 is 2.40 bits per heavy atom. The molecule has 0 aromatic heterocycles. The maximum atomic E-state index is 12.4. The van der Waals surface area contributed by atoms with E-state index in [9.17, 15) is 9.59 Å². The molecule has 1 saturated heterocycles. The molecule has 0 radical (unpaired) electrons. The van der Waals surface area contributed by atoms with E-state index < -0.39 is 5.60 Å². The summed E-state index contributed by atoms with van der Waals surface area (Å²) in [5.74, 6) is 0. The van der Waals surface area contributed by atoms with Crippen LogP contribution in [0.2, 0.25) is 0 Å². The molecule has 1 heterocycles. The quantitative estimate of drug-likeness (QED) is 0.818. The van der Waals surface area contributed by atoms with Crippen LogP contribution < -0.4 is 0 Å². The lowest BCUT2D eigenvalue weighted by Gasteiger charge is -2.26. The van der Waals surface area contributed by atoms with Gasteiger partial charge in [-0.3, -0.25) is 0 Å². The molecule has 6 nitrogen and oxygen atoms in total. The lowest BCUT2D eigenvalue weighted by molar-refractivity contribution is 0.0255. The van der Waals surface area contributed by atoms with Crippen molar-refractivity contribution < 1.29 is 19.1 Å². The molecular weight excluding hydrogens is 320 g/mol. The van der Waals surface area contributed by atoms with Crippen LogP contribution in [-0.2, 0) is 16.1 Å². The van der Waals surface area contributed by atoms with Crippen molar-refractivity contribution in [3.63, 3.8) is 0 Å². The third kappa shape index (κ3) is 5.96. The van der Waals surface area contributed by atoms with Gasteiger partial charge < -0.3 is 19.3 Å². The molecule has 0 bridgehead atoms. The molecule has 1 aromatic carbocycles. The molecule has 1 atom stereocenters. The van der Waals surface area contributed by atoms with E-state index in [-0.39, 0.29) is 24.8 Å². The Kier molecular flexibility index (Phi) is 6.28. The number of amides is 2. The first-order chi connectivity index (χ1) is 11.8. The summed E-state index contributed by atoms with van der Waals surface area (Å²) < 4.78 is 10.8. The lowest BCUT2D eigenvalue weighted by Crippen LogP contribution is -2.41. The fourth-order valence-corrected chi connectivity index (χ4v) is 2.64. The highest BCUT2D eigenvalue weighted by molar-refractivity contribution is 5.70. The summed E-state index contributed by atoms with van der Waals surface area (Å²) in [6, 6.07) is 9.60. The highest BCUT2D eigenvalue weighted by Gasteiger charge is 2.29. The first-order valence-corrected chi connectivity index (χ1v) is 8.71. The van der Waals surface area contributed by atoms with Crippen molar-refractivity contribution in [2.75, 3.05) is 19.6 Å². The highest BCUT2D eigenvalue weighted by atomic mass is 16.6. The van der Waals surface area contributed by atoms with Gasteiger partial charge in [0.05, 0.1) is 0 Å². The van der Waals surface area contributed by atoms with E-state index in [4.69, 9.17) is 9.47 Å². The third-order valence-corrected chi connectivity index (χ3v) is 4.05. The standard InChI is InChI=1S/C19H28N2O4/c1-15-10-11-20(17(22)25-19(2,3)4)12-13-21(15)18(23)24-14-16-8-6-5-7-9-16/h5-9,15H,10-14H2,1-4H3. The number of benzene rings is 1. The molecule has 25 heavy (non-hydrogen) atoms. The van der Waals surface area contributed by atoms with Crippen LogP contribution in [0.5, 0.6) is 0 Å². The maximum absolute atomic E-state index is 12.4. The van der Waals surface area contributed by atoms with E-state index in [1.165, 1.54) is 0 Å². The Morgan fingerprint density at radius 2 is 1.76 bits per heavy atom. The van der Waals surface area contributed by atoms with Gasteiger partial charge in [0.15, 0.2) is 0 Å². The summed E-state index contributed by atoms with van der Waals surface area (Å²) in [7, 11) is 0. The van der Waals surface area contributed by atoms with Gasteiger partial charge in [0.1, 0.15) is 12.2 Å². The zero-order chi connectivity index (χ0) is 18.4. The summed E-state index contributed by atoms with van der Waals surface area (Å²) in [5.41, 5.74) is 0.428. The molecule has 1 aliphatic heterocycles. The number of hydrogen-bond acceptors (Lipinski definition) is 4. The molecule has 0 aliphatic carbocycles. The SMILES string of the molecule is CC1CCN(C(=O)OC(C)(C)C)CCN1C(=O)OCc1ccccc1. The topological polar surface area (TPSA) is 59.1 Å². The summed E-state index contributed by atoms with van der Waals surface area (Å²) in [6.45, 7) is 9.21. The lowest BCUT2D eigenvalue weighted by atomic mass is 10.2. The Balaban J connectivity index is 1.89. The molecule has 1 aromatic rings. The minimum Gasteiger partial charge on any atom is -0.445 e. The van der Waals surface area contributed by atoms with Crippen molar-refractivity contribution >= 4 is 12.2 Å². The van der Waals surface area contributed by atoms with E-state index in [0.717, 1.165) is 5.56 Å². The maximum Gasteiger partial charge on any atom is 0.410 e. The van der Waals surface area contributed by atoms with E-state index in [0.29, 0.717) is 26.1 Å². The number of nitrogens with zero attached hydrogens (tertiary/aromatic N) is 2. The van der Waals surface area contributed by atoms with Gasteiger partial charge in [-0.2, -0.15) is 0 Å². The van der Waals surface area contributed by atoms with Crippen molar-refractivity contribution in [3.05, 3.63) is 35.9 Å². The molecule has 6 heteroatoms. The van der Waals surface area contributed by atoms with Crippen LogP contribution >= 0.6 is 0 Å². The smallest absolute Gasteiger partial charge is 0.410 e. The second-order valence-corrected chi connectivity index (χ2v) is 7.34. The average molecular weight is 348 g/mol. The number of ether oxygens (including phenoxy) is 2. The molecule has 0 saturated carbocycles. The van der Waals surface area contributed by atoms with Gasteiger partial charge >= 0.3 is 12.2 Å². The van der Waals surface area contributed by atoms with Crippen LogP contribution in [0.4, 0.5) is 9.59 Å². The van der Waals surface area contributed by atoms with Crippen LogP contribution in [0.15, 0.2) is 30.3 Å². The van der Waals surface area contributed by atoms with E-state index in [2.05, 4.69) is 0 Å². The Bertz CT molecular complexity index is 583. The minimum absolute atomic E-state index is 0.00992. The molecule has 1 unspecified atom stereocenters. The molecule has 2 rings (SSSR count). The first-order valence-electron chi connectivity index (χ1n) is 8.71. The highest BCUT2D eigenvalue weighted by Crippen LogP contribution is 2.16. The third-order valence-electron chi connectivity index (χ3n) is 4.05. The Labute approximate surface area is 149 Å². The zero-order valence-electron chi connectivity index (χ0n) is 15.5. The van der Waals surface area contributed by atoms with Gasteiger partial charge in [-0.05, 0) is 39.7 Å². The average Bonchev–Trinajstić information content (AvgIpc) is 2.74. The van der Waals surface area contributed by atoms with E-state index in [1.807, 2.05) is 58.0 Å². The normalized spacial score (nSPS) is 18.5. The Morgan fingerprint density at radius 1 is 1.08 bits per heavy atom. The fourth-order valence-electron chi connectivity index (χ4n) is 2.64. The first kappa shape index (κ1) is 19.1. The number of rotatable bonds is 2. The number of carbonyl (C=O) groups excluding carboxylic acids is 2. The second kappa shape index (κ2) is 8.23. The summed E-state index contributed by atoms with van der Waals surface area (Å²) >= 11 is 0. The fraction of sp³-hybridized carbons (Fsp3) is 0.579. The van der Waals surface area contributed by atoms with Crippen molar-refractivity contribution in [2.24, 2.45) is 0 Å². The van der Waals surface area contributed by atoms with E-state index >= 15 is 0 Å². The van der Waals surface area contributed by atoms with Gasteiger partial charge in [0, 0.05) is 25.7 Å². The minimum atomic E-state index is -0.524. The van der Waals surface area contributed by atoms with Gasteiger partial charge in [-0.1, -0.05) is 30.3 Å². The van der Waals surface area contributed by atoms with Gasteiger partial charge in [0.25, 0.3) is 0 Å². The predicted octanol–water partition coefficient (Wildman–Crippen LogP) is 3.65. The Hall–Kier alpha value is -2.24. The molecule has 0 spiro atoms. The van der Waals surface area contributed by atoms with Gasteiger partial charge in [0.2, 0.25) is 0 Å². The van der Waals surface area contributed by atoms with Crippen LogP contribution in [0.1, 0.15) is 39.7 Å². The molecule has 1 aliphatic rings.